The van der Waals surface area contributed by atoms with E-state index in [1.807, 2.05) is 0 Å². The molecule has 1 saturated carbocycles. The summed E-state index contributed by atoms with van der Waals surface area (Å²) in [4.78, 5) is 12.3. The minimum atomic E-state index is 0.196. The van der Waals surface area contributed by atoms with Gasteiger partial charge in [-0.25, -0.2) is 0 Å². The monoisotopic (exact) mass is 252 g/mol. The molecule has 2 N–H and O–H groups in total. The first-order chi connectivity index (χ1) is 8.74. The third-order valence-corrected chi connectivity index (χ3v) is 4.54. The van der Waals surface area contributed by atoms with Crippen LogP contribution in [0.4, 0.5) is 0 Å². The highest BCUT2D eigenvalue weighted by atomic mass is 16.5. The maximum Gasteiger partial charge on any atom is 0.223 e. The molecule has 3 rings (SSSR count). The Morgan fingerprint density at radius 1 is 1.28 bits per heavy atom. The van der Waals surface area contributed by atoms with Crippen LogP contribution in [-0.4, -0.2) is 37.2 Å². The van der Waals surface area contributed by atoms with Crippen LogP contribution in [0.2, 0.25) is 0 Å². The maximum atomic E-state index is 12.3. The number of hydrogen-bond donors (Lipinski definition) is 2. The van der Waals surface area contributed by atoms with Crippen LogP contribution in [0.5, 0.6) is 0 Å². The predicted molar refractivity (Wildman–Crippen MR) is 69.2 cm³/mol. The zero-order valence-corrected chi connectivity index (χ0v) is 11.2. The Morgan fingerprint density at radius 3 is 2.83 bits per heavy atom. The lowest BCUT2D eigenvalue weighted by molar-refractivity contribution is -0.127. The second-order valence-corrected chi connectivity index (χ2v) is 6.15. The second-order valence-electron chi connectivity index (χ2n) is 6.15. The second kappa shape index (κ2) is 5.17. The van der Waals surface area contributed by atoms with Gasteiger partial charge in [0.25, 0.3) is 0 Å². The molecule has 102 valence electrons. The highest BCUT2D eigenvalue weighted by Gasteiger charge is 2.41. The fourth-order valence-corrected chi connectivity index (χ4v) is 3.33. The molecular formula is C14H24N2O2. The van der Waals surface area contributed by atoms with Gasteiger partial charge in [-0.05, 0) is 51.5 Å². The third kappa shape index (κ3) is 2.69. The number of rotatable bonds is 3. The van der Waals surface area contributed by atoms with E-state index < -0.39 is 0 Å². The molecule has 0 aromatic rings. The fourth-order valence-electron chi connectivity index (χ4n) is 3.33. The van der Waals surface area contributed by atoms with Crippen molar-refractivity contribution in [1.82, 2.24) is 10.6 Å². The fraction of sp³-hybridized carbons (Fsp3) is 0.929. The van der Waals surface area contributed by atoms with E-state index in [2.05, 4.69) is 17.6 Å². The lowest BCUT2D eigenvalue weighted by Gasteiger charge is -2.29. The summed E-state index contributed by atoms with van der Waals surface area (Å²) in [5, 5.41) is 6.64. The Balaban J connectivity index is 1.53. The molecule has 18 heavy (non-hydrogen) atoms. The van der Waals surface area contributed by atoms with Crippen LogP contribution in [0.25, 0.3) is 0 Å². The van der Waals surface area contributed by atoms with E-state index >= 15 is 0 Å². The summed E-state index contributed by atoms with van der Waals surface area (Å²) in [7, 11) is 0. The SMILES string of the molecule is CC1CC(C(=O)NC2CCOC2C2CC2)CCN1. The van der Waals surface area contributed by atoms with Gasteiger partial charge < -0.3 is 15.4 Å². The molecule has 4 heteroatoms. The van der Waals surface area contributed by atoms with Crippen LogP contribution in [0.3, 0.4) is 0 Å². The molecule has 3 aliphatic rings. The van der Waals surface area contributed by atoms with Crippen molar-refractivity contribution in [3.63, 3.8) is 0 Å². The highest BCUT2D eigenvalue weighted by Crippen LogP contribution is 2.38. The predicted octanol–water partition coefficient (Wildman–Crippen LogP) is 1.06. The quantitative estimate of drug-likeness (QED) is 0.789. The Bertz CT molecular complexity index is 317. The molecular weight excluding hydrogens is 228 g/mol. The number of carbonyl (C=O) groups is 1. The van der Waals surface area contributed by atoms with Gasteiger partial charge in [0, 0.05) is 18.6 Å². The van der Waals surface area contributed by atoms with Gasteiger partial charge in [0.05, 0.1) is 12.1 Å². The Hall–Kier alpha value is -0.610. The van der Waals surface area contributed by atoms with E-state index in [-0.39, 0.29) is 17.9 Å². The molecule has 1 aliphatic carbocycles. The topological polar surface area (TPSA) is 50.4 Å². The van der Waals surface area contributed by atoms with Crippen molar-refractivity contribution in [2.45, 2.75) is 57.2 Å². The first-order valence-corrected chi connectivity index (χ1v) is 7.39. The van der Waals surface area contributed by atoms with Crippen LogP contribution in [0, 0.1) is 11.8 Å². The maximum absolute atomic E-state index is 12.3. The number of ether oxygens (including phenoxy) is 1. The molecule has 4 unspecified atom stereocenters. The average Bonchev–Trinajstić information content (AvgIpc) is 3.10. The number of hydrogen-bond acceptors (Lipinski definition) is 3. The number of piperidine rings is 1. The summed E-state index contributed by atoms with van der Waals surface area (Å²) >= 11 is 0. The van der Waals surface area contributed by atoms with E-state index in [0.717, 1.165) is 32.4 Å². The first-order valence-electron chi connectivity index (χ1n) is 7.39. The van der Waals surface area contributed by atoms with Crippen molar-refractivity contribution >= 4 is 5.91 Å². The van der Waals surface area contributed by atoms with Crippen molar-refractivity contribution in [2.75, 3.05) is 13.2 Å². The Kier molecular flexibility index (Phi) is 3.57. The summed E-state index contributed by atoms with van der Waals surface area (Å²) in [5.74, 6) is 1.16. The van der Waals surface area contributed by atoms with E-state index in [9.17, 15) is 4.79 Å². The summed E-state index contributed by atoms with van der Waals surface area (Å²) in [6.45, 7) is 3.94. The third-order valence-electron chi connectivity index (χ3n) is 4.54. The highest BCUT2D eigenvalue weighted by molar-refractivity contribution is 5.79. The normalized spacial score (nSPS) is 40.7. The van der Waals surface area contributed by atoms with Crippen molar-refractivity contribution in [2.24, 2.45) is 11.8 Å². The summed E-state index contributed by atoms with van der Waals surface area (Å²) in [6.07, 6.45) is 5.79. The molecule has 1 amide bonds. The van der Waals surface area contributed by atoms with Gasteiger partial charge >= 0.3 is 0 Å². The first kappa shape index (κ1) is 12.4. The average molecular weight is 252 g/mol. The zero-order chi connectivity index (χ0) is 12.5. The van der Waals surface area contributed by atoms with Crippen molar-refractivity contribution in [3.8, 4) is 0 Å². The zero-order valence-electron chi connectivity index (χ0n) is 11.2. The summed E-state index contributed by atoms with van der Waals surface area (Å²) in [5.41, 5.74) is 0. The molecule has 4 atom stereocenters. The van der Waals surface area contributed by atoms with Crippen LogP contribution >= 0.6 is 0 Å². The summed E-state index contributed by atoms with van der Waals surface area (Å²) in [6, 6.07) is 0.740. The lowest BCUT2D eigenvalue weighted by atomic mass is 9.92. The summed E-state index contributed by atoms with van der Waals surface area (Å²) < 4.78 is 5.77. The van der Waals surface area contributed by atoms with Gasteiger partial charge in [-0.1, -0.05) is 0 Å². The molecule has 3 fully saturated rings. The van der Waals surface area contributed by atoms with Gasteiger partial charge in [-0.3, -0.25) is 4.79 Å². The van der Waals surface area contributed by atoms with Crippen LogP contribution in [0.15, 0.2) is 0 Å². The van der Waals surface area contributed by atoms with Gasteiger partial charge in [0.1, 0.15) is 0 Å². The van der Waals surface area contributed by atoms with Gasteiger partial charge in [-0.2, -0.15) is 0 Å². The van der Waals surface area contributed by atoms with Crippen LogP contribution in [-0.2, 0) is 9.53 Å². The largest absolute Gasteiger partial charge is 0.376 e. The lowest BCUT2D eigenvalue weighted by Crippen LogP contribution is -2.47. The van der Waals surface area contributed by atoms with Crippen molar-refractivity contribution in [3.05, 3.63) is 0 Å². The van der Waals surface area contributed by atoms with Gasteiger partial charge in [0.2, 0.25) is 5.91 Å². The molecule has 0 aromatic heterocycles. The van der Waals surface area contributed by atoms with Crippen molar-refractivity contribution in [1.29, 1.82) is 0 Å². The molecule has 2 aliphatic heterocycles. The van der Waals surface area contributed by atoms with Crippen molar-refractivity contribution < 1.29 is 9.53 Å². The van der Waals surface area contributed by atoms with Crippen LogP contribution < -0.4 is 10.6 Å². The minimum Gasteiger partial charge on any atom is -0.376 e. The van der Waals surface area contributed by atoms with E-state index in [1.54, 1.807) is 0 Å². The van der Waals surface area contributed by atoms with E-state index in [4.69, 9.17) is 4.74 Å². The Labute approximate surface area is 109 Å². The smallest absolute Gasteiger partial charge is 0.223 e. The molecule has 0 radical (unpaired) electrons. The number of amides is 1. The molecule has 0 aromatic carbocycles. The molecule has 2 heterocycles. The molecule has 0 spiro atoms. The number of nitrogens with one attached hydrogen (secondary N) is 2. The molecule has 0 bridgehead atoms. The van der Waals surface area contributed by atoms with E-state index in [0.29, 0.717) is 18.1 Å². The minimum absolute atomic E-state index is 0.196. The van der Waals surface area contributed by atoms with E-state index in [1.165, 1.54) is 12.8 Å². The van der Waals surface area contributed by atoms with Gasteiger partial charge in [-0.15, -0.1) is 0 Å². The number of carbonyl (C=O) groups excluding carboxylic acids is 1. The molecule has 2 saturated heterocycles. The van der Waals surface area contributed by atoms with Crippen LogP contribution in [0.1, 0.15) is 39.0 Å². The molecule has 4 nitrogen and oxygen atoms in total. The standard InChI is InChI=1S/C14H24N2O2/c1-9-8-11(4-6-15-9)14(17)16-12-5-7-18-13(12)10-2-3-10/h9-13,15H,2-8H2,1H3,(H,16,17). The Morgan fingerprint density at radius 2 is 2.11 bits per heavy atom. The van der Waals surface area contributed by atoms with Gasteiger partial charge in [0.15, 0.2) is 0 Å².